The van der Waals surface area contributed by atoms with Gasteiger partial charge in [-0.05, 0) is 81.9 Å². The van der Waals surface area contributed by atoms with Gasteiger partial charge in [0, 0.05) is 43.0 Å². The van der Waals surface area contributed by atoms with E-state index in [0.717, 1.165) is 22.4 Å². The van der Waals surface area contributed by atoms with Gasteiger partial charge in [-0.25, -0.2) is 15.0 Å². The third-order valence-corrected chi connectivity index (χ3v) is 12.7. The molecule has 0 saturated heterocycles. The van der Waals surface area contributed by atoms with Crippen LogP contribution >= 0.6 is 11.8 Å². The fraction of sp³-hybridized carbons (Fsp3) is 0.118. The number of hydrogen-bond acceptors (Lipinski definition) is 5. The first-order valence-electron chi connectivity index (χ1n) is 19.2. The van der Waals surface area contributed by atoms with Gasteiger partial charge in [-0.3, -0.25) is 0 Å². The lowest BCUT2D eigenvalue weighted by Crippen LogP contribution is -2.30. The summed E-state index contributed by atoms with van der Waals surface area (Å²) < 4.78 is 0. The van der Waals surface area contributed by atoms with E-state index in [1.54, 1.807) is 0 Å². The van der Waals surface area contributed by atoms with Crippen LogP contribution in [0.15, 0.2) is 180 Å². The molecule has 0 fully saturated rings. The SMILES string of the molecule is CC1(C)c2cc(-c3cccc(N4c5ccccc5C(C)(C)c5ccccc54)c3)ccc2Sc2ccc(-c3nc(-c4ccccc4)nc(-c4ccccc4)n3)cc21. The fourth-order valence-corrected chi connectivity index (χ4v) is 9.86. The summed E-state index contributed by atoms with van der Waals surface area (Å²) >= 11 is 1.84. The van der Waals surface area contributed by atoms with Crippen LogP contribution < -0.4 is 4.90 Å². The summed E-state index contributed by atoms with van der Waals surface area (Å²) in [6, 6.07) is 60.7. The summed E-state index contributed by atoms with van der Waals surface area (Å²) in [7, 11) is 0. The van der Waals surface area contributed by atoms with Gasteiger partial charge >= 0.3 is 0 Å². The largest absolute Gasteiger partial charge is 0.310 e. The van der Waals surface area contributed by atoms with E-state index in [-0.39, 0.29) is 10.8 Å². The van der Waals surface area contributed by atoms with Crippen LogP contribution in [0.5, 0.6) is 0 Å². The predicted molar refractivity (Wildman–Crippen MR) is 231 cm³/mol. The molecule has 0 atom stereocenters. The number of hydrogen-bond donors (Lipinski definition) is 0. The quantitative estimate of drug-likeness (QED) is 0.176. The van der Waals surface area contributed by atoms with Crippen LogP contribution in [-0.4, -0.2) is 15.0 Å². The summed E-state index contributed by atoms with van der Waals surface area (Å²) in [6.45, 7) is 9.35. The minimum Gasteiger partial charge on any atom is -0.310 e. The Kier molecular flexibility index (Phi) is 8.05. The first kappa shape index (κ1) is 34.2. The smallest absolute Gasteiger partial charge is 0.164 e. The molecule has 0 spiro atoms. The van der Waals surface area contributed by atoms with Crippen molar-refractivity contribution >= 4 is 28.8 Å². The van der Waals surface area contributed by atoms with Crippen LogP contribution in [0.2, 0.25) is 0 Å². The van der Waals surface area contributed by atoms with Crippen molar-refractivity contribution in [2.24, 2.45) is 0 Å². The van der Waals surface area contributed by atoms with Crippen molar-refractivity contribution in [3.8, 4) is 45.3 Å². The molecule has 10 rings (SSSR count). The van der Waals surface area contributed by atoms with E-state index in [1.807, 2.05) is 48.2 Å². The normalized spacial score (nSPS) is 14.6. The van der Waals surface area contributed by atoms with E-state index in [9.17, 15) is 0 Å². The lowest BCUT2D eigenvalue weighted by Gasteiger charge is -2.42. The van der Waals surface area contributed by atoms with Gasteiger partial charge in [0.1, 0.15) is 0 Å². The molecule has 2 aliphatic heterocycles. The van der Waals surface area contributed by atoms with Gasteiger partial charge in [0.15, 0.2) is 17.5 Å². The second-order valence-electron chi connectivity index (χ2n) is 15.7. The van der Waals surface area contributed by atoms with Gasteiger partial charge in [0.2, 0.25) is 0 Å². The molecule has 4 nitrogen and oxygen atoms in total. The van der Waals surface area contributed by atoms with Crippen molar-refractivity contribution in [3.63, 3.8) is 0 Å². The third kappa shape index (κ3) is 5.65. The molecule has 0 unspecified atom stereocenters. The molecule has 0 bridgehead atoms. The van der Waals surface area contributed by atoms with Crippen LogP contribution in [0.3, 0.4) is 0 Å². The monoisotopic (exact) mass is 740 g/mol. The molecule has 0 radical (unpaired) electrons. The van der Waals surface area contributed by atoms with E-state index < -0.39 is 0 Å². The molecule has 56 heavy (non-hydrogen) atoms. The summed E-state index contributed by atoms with van der Waals surface area (Å²) in [5, 5.41) is 0. The minimum absolute atomic E-state index is 0.100. The van der Waals surface area contributed by atoms with Gasteiger partial charge in [-0.15, -0.1) is 0 Å². The molecule has 1 aromatic heterocycles. The van der Waals surface area contributed by atoms with Crippen LogP contribution in [0.25, 0.3) is 45.3 Å². The Morgan fingerprint density at radius 1 is 0.375 bits per heavy atom. The van der Waals surface area contributed by atoms with Gasteiger partial charge in [-0.2, -0.15) is 0 Å². The van der Waals surface area contributed by atoms with E-state index in [1.165, 1.54) is 54.5 Å². The highest BCUT2D eigenvalue weighted by Gasteiger charge is 2.37. The highest BCUT2D eigenvalue weighted by Crippen LogP contribution is 2.53. The highest BCUT2D eigenvalue weighted by molar-refractivity contribution is 7.99. The average molecular weight is 741 g/mol. The molecule has 270 valence electrons. The lowest BCUT2D eigenvalue weighted by molar-refractivity contribution is 0.608. The van der Waals surface area contributed by atoms with Crippen LogP contribution in [0.1, 0.15) is 49.9 Å². The lowest BCUT2D eigenvalue weighted by atomic mass is 9.73. The van der Waals surface area contributed by atoms with Crippen molar-refractivity contribution < 1.29 is 0 Å². The highest BCUT2D eigenvalue weighted by atomic mass is 32.2. The maximum atomic E-state index is 5.04. The van der Waals surface area contributed by atoms with Crippen LogP contribution in [0.4, 0.5) is 17.1 Å². The molecule has 0 amide bonds. The third-order valence-electron chi connectivity index (χ3n) is 11.6. The van der Waals surface area contributed by atoms with Crippen molar-refractivity contribution in [3.05, 3.63) is 192 Å². The zero-order valence-corrected chi connectivity index (χ0v) is 32.7. The summed E-state index contributed by atoms with van der Waals surface area (Å²) in [4.78, 5) is 20.0. The Balaban J connectivity index is 1.04. The average Bonchev–Trinajstić information content (AvgIpc) is 3.24. The Morgan fingerprint density at radius 2 is 0.804 bits per heavy atom. The van der Waals surface area contributed by atoms with Crippen LogP contribution in [0, 0.1) is 0 Å². The number of nitrogens with zero attached hydrogens (tertiary/aromatic N) is 4. The first-order chi connectivity index (χ1) is 27.3. The van der Waals surface area contributed by atoms with E-state index in [4.69, 9.17) is 15.0 Å². The number of para-hydroxylation sites is 2. The molecule has 0 aliphatic carbocycles. The van der Waals surface area contributed by atoms with Gasteiger partial charge in [0.05, 0.1) is 11.4 Å². The molecule has 8 aromatic rings. The molecule has 5 heteroatoms. The second-order valence-corrected chi connectivity index (χ2v) is 16.8. The fourth-order valence-electron chi connectivity index (χ4n) is 8.51. The topological polar surface area (TPSA) is 41.9 Å². The number of benzene rings is 7. The van der Waals surface area contributed by atoms with Crippen molar-refractivity contribution in [2.75, 3.05) is 4.90 Å². The Labute approximate surface area is 333 Å². The number of rotatable bonds is 5. The van der Waals surface area contributed by atoms with Crippen LogP contribution in [-0.2, 0) is 10.8 Å². The molecule has 7 aromatic carbocycles. The summed E-state index contributed by atoms with van der Waals surface area (Å²) in [5.74, 6) is 2.00. The van der Waals surface area contributed by atoms with E-state index >= 15 is 0 Å². The Morgan fingerprint density at radius 3 is 1.38 bits per heavy atom. The molecule has 3 heterocycles. The zero-order chi connectivity index (χ0) is 38.0. The molecule has 2 aliphatic rings. The second kappa shape index (κ2) is 13.2. The predicted octanol–water partition coefficient (Wildman–Crippen LogP) is 13.4. The molecular weight excluding hydrogens is 701 g/mol. The number of anilines is 3. The zero-order valence-electron chi connectivity index (χ0n) is 31.9. The van der Waals surface area contributed by atoms with Gasteiger partial charge < -0.3 is 4.90 Å². The molecular formula is C51H40N4S. The molecule has 0 saturated carbocycles. The van der Waals surface area contributed by atoms with Crippen molar-refractivity contribution in [1.29, 1.82) is 0 Å². The van der Waals surface area contributed by atoms with E-state index in [0.29, 0.717) is 17.5 Å². The van der Waals surface area contributed by atoms with Crippen molar-refractivity contribution in [2.45, 2.75) is 48.3 Å². The van der Waals surface area contributed by atoms with Crippen molar-refractivity contribution in [1.82, 2.24) is 15.0 Å². The Hall–Kier alpha value is -6.30. The minimum atomic E-state index is -0.270. The number of aromatic nitrogens is 3. The standard InChI is InChI=1S/C51H40N4S/c1-50(2)39-22-11-13-24-43(39)55(44-25-14-12-23-40(44)50)38-21-15-20-35(30-38)36-26-28-45-41(31-36)51(3,4)42-32-37(27-29-46(42)56-45)49-53-47(33-16-7-5-8-17-33)52-48(54-49)34-18-9-6-10-19-34/h5-32H,1-4H3. The number of fused-ring (bicyclic) bond motifs is 4. The summed E-state index contributed by atoms with van der Waals surface area (Å²) in [6.07, 6.45) is 0. The van der Waals surface area contributed by atoms with Gasteiger partial charge in [-0.1, -0.05) is 161 Å². The van der Waals surface area contributed by atoms with E-state index in [2.05, 4.69) is 166 Å². The maximum absolute atomic E-state index is 5.04. The van der Waals surface area contributed by atoms with Gasteiger partial charge in [0.25, 0.3) is 0 Å². The Bertz CT molecular complexity index is 2680. The first-order valence-corrected chi connectivity index (χ1v) is 20.0. The molecule has 0 N–H and O–H groups in total. The summed E-state index contributed by atoms with van der Waals surface area (Å²) in [5.41, 5.74) is 13.8. The maximum Gasteiger partial charge on any atom is 0.164 e.